The first-order chi connectivity index (χ1) is 24.1. The van der Waals surface area contributed by atoms with Gasteiger partial charge >= 0.3 is 0 Å². The number of anilines is 3. The van der Waals surface area contributed by atoms with Crippen LogP contribution in [-0.2, 0) is 11.8 Å². The van der Waals surface area contributed by atoms with Crippen molar-refractivity contribution < 1.29 is 0 Å². The van der Waals surface area contributed by atoms with Crippen LogP contribution in [0.5, 0.6) is 0 Å². The molecule has 0 aliphatic heterocycles. The van der Waals surface area contributed by atoms with Crippen LogP contribution in [0.1, 0.15) is 68.3 Å². The number of hydrogen-bond donors (Lipinski definition) is 0. The van der Waals surface area contributed by atoms with Gasteiger partial charge < -0.3 is 9.47 Å². The number of aromatic nitrogens is 1. The fraction of sp³-hybridized carbons (Fsp3) is 0.277. The molecule has 1 spiro atoms. The number of allylic oxidation sites excluding steroid dienone is 1. The number of hydrogen-bond acceptors (Lipinski definition) is 1. The van der Waals surface area contributed by atoms with Gasteiger partial charge in [-0.25, -0.2) is 0 Å². The maximum atomic E-state index is 2.57. The van der Waals surface area contributed by atoms with E-state index in [0.29, 0.717) is 11.8 Å². The lowest BCUT2D eigenvalue weighted by molar-refractivity contribution is 0.0426. The molecule has 5 unspecified atom stereocenters. The molecule has 0 radical (unpaired) electrons. The van der Waals surface area contributed by atoms with E-state index in [1.807, 2.05) is 0 Å². The molecule has 10 rings (SSSR count). The van der Waals surface area contributed by atoms with Crippen LogP contribution in [0.2, 0.25) is 0 Å². The van der Waals surface area contributed by atoms with Gasteiger partial charge in [0.2, 0.25) is 0 Å². The highest BCUT2D eigenvalue weighted by Crippen LogP contribution is 2.66. The number of nitrogens with zero attached hydrogens (tertiary/aromatic N) is 2. The Bertz CT molecular complexity index is 2240. The Morgan fingerprint density at radius 1 is 0.694 bits per heavy atom. The highest BCUT2D eigenvalue weighted by Gasteiger charge is 2.57. The van der Waals surface area contributed by atoms with Crippen molar-refractivity contribution in [2.45, 2.75) is 57.8 Å². The van der Waals surface area contributed by atoms with Gasteiger partial charge in [-0.15, -0.1) is 0 Å². The average Bonchev–Trinajstić information content (AvgIpc) is 3.63. The zero-order valence-electron chi connectivity index (χ0n) is 28.6. The van der Waals surface area contributed by atoms with E-state index in [9.17, 15) is 0 Å². The summed E-state index contributed by atoms with van der Waals surface area (Å²) >= 11 is 0. The highest BCUT2D eigenvalue weighted by atomic mass is 15.1. The zero-order valence-corrected chi connectivity index (χ0v) is 28.6. The summed E-state index contributed by atoms with van der Waals surface area (Å²) < 4.78 is 2.48. The molecule has 4 aliphatic rings. The SMILES string of the molecule is CC1CC2CC(C)C3(c4ccccc4-c4c(N(c5ccccc5)c5ccc6c7c(n(-c8ccccc8)c6c5)C=CCC7)cccc43)C(C1)C2. The van der Waals surface area contributed by atoms with Crippen molar-refractivity contribution in [2.75, 3.05) is 4.90 Å². The molecule has 2 nitrogen and oxygen atoms in total. The molecule has 0 saturated heterocycles. The first kappa shape index (κ1) is 29.1. The molecule has 6 aromatic rings. The first-order valence-corrected chi connectivity index (χ1v) is 18.6. The van der Waals surface area contributed by atoms with Gasteiger partial charge in [-0.3, -0.25) is 0 Å². The van der Waals surface area contributed by atoms with E-state index in [0.717, 1.165) is 24.7 Å². The second-order valence-electron chi connectivity index (χ2n) is 15.5. The molecule has 4 aliphatic carbocycles. The Morgan fingerprint density at radius 3 is 2.33 bits per heavy atom. The van der Waals surface area contributed by atoms with E-state index in [1.165, 1.54) is 81.7 Å². The summed E-state index contributed by atoms with van der Waals surface area (Å²) in [6.45, 7) is 5.08. The van der Waals surface area contributed by atoms with Gasteiger partial charge in [0.15, 0.2) is 0 Å². The molecule has 0 amide bonds. The van der Waals surface area contributed by atoms with Gasteiger partial charge in [0.1, 0.15) is 0 Å². The Morgan fingerprint density at radius 2 is 1.47 bits per heavy atom. The monoisotopic (exact) mass is 636 g/mol. The van der Waals surface area contributed by atoms with Crippen LogP contribution in [0.3, 0.4) is 0 Å². The van der Waals surface area contributed by atoms with E-state index in [4.69, 9.17) is 0 Å². The highest BCUT2D eigenvalue weighted by molar-refractivity contribution is 5.98. The van der Waals surface area contributed by atoms with Crippen LogP contribution < -0.4 is 4.90 Å². The number of rotatable bonds is 4. The van der Waals surface area contributed by atoms with Gasteiger partial charge in [-0.05, 0) is 133 Å². The molecular formula is C47H44N2. The molecule has 5 atom stereocenters. The van der Waals surface area contributed by atoms with Crippen molar-refractivity contribution in [1.82, 2.24) is 4.57 Å². The van der Waals surface area contributed by atoms with Crippen molar-refractivity contribution in [3.8, 4) is 16.8 Å². The lowest BCUT2D eigenvalue weighted by atomic mass is 9.49. The molecule has 242 valence electrons. The van der Waals surface area contributed by atoms with Crippen LogP contribution >= 0.6 is 0 Å². The minimum Gasteiger partial charge on any atom is -0.310 e. The quantitative estimate of drug-likeness (QED) is 0.187. The number of fused-ring (bicyclic) bond motifs is 11. The zero-order chi connectivity index (χ0) is 32.7. The van der Waals surface area contributed by atoms with Crippen molar-refractivity contribution in [3.63, 3.8) is 0 Å². The van der Waals surface area contributed by atoms with Crippen molar-refractivity contribution in [1.29, 1.82) is 0 Å². The topological polar surface area (TPSA) is 8.17 Å². The predicted molar refractivity (Wildman–Crippen MR) is 205 cm³/mol. The normalized spacial score (nSPS) is 24.9. The third-order valence-electron chi connectivity index (χ3n) is 12.7. The summed E-state index contributed by atoms with van der Waals surface area (Å²) in [7, 11) is 0. The molecule has 2 saturated carbocycles. The van der Waals surface area contributed by atoms with E-state index in [2.05, 4.69) is 157 Å². The molecule has 5 aromatic carbocycles. The Hall–Kier alpha value is -4.82. The maximum Gasteiger partial charge on any atom is 0.0558 e. The van der Waals surface area contributed by atoms with E-state index < -0.39 is 0 Å². The van der Waals surface area contributed by atoms with Crippen molar-refractivity contribution >= 4 is 34.0 Å². The van der Waals surface area contributed by atoms with Gasteiger partial charge in [0.05, 0.1) is 11.2 Å². The molecule has 1 aromatic heterocycles. The summed E-state index contributed by atoms with van der Waals surface area (Å²) in [5.74, 6) is 2.94. The standard InChI is InChI=1S/C47H44N2/c1-31-26-33-28-32(2)47(34(27-31)29-33)41-20-11-9-19-40(41)46-42(47)21-13-23-44(46)48(35-14-5-3-6-15-35)37-24-25-39-38-18-10-12-22-43(38)49(45(39)30-37)36-16-7-4-8-17-36/h3-9,11-17,19-25,30-34H,10,18,26-29H2,1-2H3. The molecule has 1 heterocycles. The largest absolute Gasteiger partial charge is 0.310 e. The minimum atomic E-state index is 0.0623. The third-order valence-corrected chi connectivity index (χ3v) is 12.7. The van der Waals surface area contributed by atoms with Crippen molar-refractivity contribution in [2.24, 2.45) is 23.7 Å². The Balaban J connectivity index is 1.23. The number of para-hydroxylation sites is 2. The number of aryl methyl sites for hydroxylation is 1. The van der Waals surface area contributed by atoms with Gasteiger partial charge in [0.25, 0.3) is 0 Å². The van der Waals surface area contributed by atoms with E-state index in [-0.39, 0.29) is 5.41 Å². The second-order valence-corrected chi connectivity index (χ2v) is 15.5. The van der Waals surface area contributed by atoms with Crippen LogP contribution in [0.4, 0.5) is 17.1 Å². The summed E-state index contributed by atoms with van der Waals surface area (Å²) in [6, 6.07) is 45.9. The summed E-state index contributed by atoms with van der Waals surface area (Å²) in [5.41, 5.74) is 15.0. The first-order valence-electron chi connectivity index (χ1n) is 18.6. The molecule has 0 N–H and O–H groups in total. The summed E-state index contributed by atoms with van der Waals surface area (Å²) in [6.07, 6.45) is 12.3. The Kier molecular flexibility index (Phi) is 6.60. The van der Waals surface area contributed by atoms with E-state index >= 15 is 0 Å². The lowest BCUT2D eigenvalue weighted by Crippen LogP contribution is -2.49. The van der Waals surface area contributed by atoms with Crippen molar-refractivity contribution in [3.05, 3.63) is 150 Å². The average molecular weight is 637 g/mol. The molecule has 2 heteroatoms. The fourth-order valence-electron chi connectivity index (χ4n) is 11.2. The maximum absolute atomic E-state index is 2.57. The van der Waals surface area contributed by atoms with Crippen LogP contribution in [0.25, 0.3) is 33.8 Å². The Labute approximate surface area is 290 Å². The fourth-order valence-corrected chi connectivity index (χ4v) is 11.2. The van der Waals surface area contributed by atoms with Crippen LogP contribution in [-0.4, -0.2) is 4.57 Å². The minimum absolute atomic E-state index is 0.0623. The smallest absolute Gasteiger partial charge is 0.0558 e. The molecule has 2 fully saturated rings. The molecule has 2 bridgehead atoms. The van der Waals surface area contributed by atoms with Gasteiger partial charge in [-0.1, -0.05) is 98.8 Å². The molecular weight excluding hydrogens is 593 g/mol. The third kappa shape index (κ3) is 4.19. The van der Waals surface area contributed by atoms with Gasteiger partial charge in [-0.2, -0.15) is 0 Å². The van der Waals surface area contributed by atoms with Crippen LogP contribution in [0, 0.1) is 23.7 Å². The summed E-state index contributed by atoms with van der Waals surface area (Å²) in [4.78, 5) is 2.55. The summed E-state index contributed by atoms with van der Waals surface area (Å²) in [5, 5.41) is 1.36. The van der Waals surface area contributed by atoms with Gasteiger partial charge in [0, 0.05) is 39.1 Å². The number of benzene rings is 5. The van der Waals surface area contributed by atoms with Crippen LogP contribution in [0.15, 0.2) is 127 Å². The predicted octanol–water partition coefficient (Wildman–Crippen LogP) is 12.4. The van der Waals surface area contributed by atoms with E-state index in [1.54, 1.807) is 11.1 Å². The lowest BCUT2D eigenvalue weighted by Gasteiger charge is -2.54. The second kappa shape index (κ2) is 11.1. The molecule has 49 heavy (non-hydrogen) atoms.